The van der Waals surface area contributed by atoms with Crippen LogP contribution in [0.25, 0.3) is 0 Å². The van der Waals surface area contributed by atoms with E-state index in [0.717, 1.165) is 38.5 Å². The van der Waals surface area contributed by atoms with E-state index in [1.807, 2.05) is 21.1 Å². The fourth-order valence-corrected chi connectivity index (χ4v) is 8.55. The number of rotatable bonds is 47. The Hall–Kier alpha value is -0.500. The molecule has 3 N–H and O–H groups in total. The van der Waals surface area contributed by atoms with Crippen molar-refractivity contribution in [3.8, 4) is 0 Å². The fraction of sp³-hybridized carbons (Fsp3) is 0.980. The normalized spacial score (nSPS) is 14.1. The van der Waals surface area contributed by atoms with Gasteiger partial charge in [0, 0.05) is 6.42 Å². The van der Waals surface area contributed by atoms with Gasteiger partial charge < -0.3 is 19.8 Å². The lowest BCUT2D eigenvalue weighted by atomic mass is 10.0. The van der Waals surface area contributed by atoms with Crippen molar-refractivity contribution in [2.45, 2.75) is 270 Å². The summed E-state index contributed by atoms with van der Waals surface area (Å²) in [5, 5.41) is 14.0. The van der Waals surface area contributed by atoms with Crippen LogP contribution in [0.5, 0.6) is 0 Å². The smallest absolute Gasteiger partial charge is 0.391 e. The van der Waals surface area contributed by atoms with E-state index in [1.165, 1.54) is 193 Å². The molecule has 3 atom stereocenters. The first-order valence-electron chi connectivity index (χ1n) is 25.4. The van der Waals surface area contributed by atoms with Gasteiger partial charge in [0.1, 0.15) is 13.2 Å². The Balaban J connectivity index is 4.11. The van der Waals surface area contributed by atoms with Crippen molar-refractivity contribution in [1.82, 2.24) is 5.32 Å². The van der Waals surface area contributed by atoms with E-state index in [9.17, 15) is 19.4 Å². The molecule has 348 valence electrons. The summed E-state index contributed by atoms with van der Waals surface area (Å²) >= 11 is 0. The molecule has 1 amide bonds. The molecule has 0 aromatic carbocycles. The number of carbonyl (C=O) groups is 1. The molecular weight excluding hydrogens is 744 g/mol. The highest BCUT2D eigenvalue weighted by Gasteiger charge is 2.28. The van der Waals surface area contributed by atoms with Crippen LogP contribution in [0.1, 0.15) is 258 Å². The molecule has 0 aliphatic carbocycles. The van der Waals surface area contributed by atoms with E-state index in [0.29, 0.717) is 23.9 Å². The molecule has 0 aromatic heterocycles. The van der Waals surface area contributed by atoms with Crippen molar-refractivity contribution in [3.63, 3.8) is 0 Å². The van der Waals surface area contributed by atoms with Crippen LogP contribution in [0.4, 0.5) is 0 Å². The SMILES string of the molecule is CCCCCCCCCCCCCCCCCCCCCCCCCCC(=O)N[C@@H](COP(=O)(O)OCC[N+](C)(C)C)[C@H](O)CCCCCCCCCCCCCC. The average Bonchev–Trinajstić information content (AvgIpc) is 3.17. The third-order valence-corrected chi connectivity index (χ3v) is 12.8. The van der Waals surface area contributed by atoms with Gasteiger partial charge >= 0.3 is 7.82 Å². The number of carbonyl (C=O) groups excluding carboxylic acids is 1. The number of hydrogen-bond acceptors (Lipinski definition) is 5. The largest absolute Gasteiger partial charge is 0.472 e. The lowest BCUT2D eigenvalue weighted by Crippen LogP contribution is -2.46. The zero-order valence-electron chi connectivity index (χ0n) is 39.6. The van der Waals surface area contributed by atoms with Gasteiger partial charge in [-0.15, -0.1) is 0 Å². The van der Waals surface area contributed by atoms with Crippen molar-refractivity contribution >= 4 is 13.7 Å². The summed E-state index contributed by atoms with van der Waals surface area (Å²) in [6, 6.07) is -0.753. The maximum atomic E-state index is 12.9. The molecule has 9 heteroatoms. The van der Waals surface area contributed by atoms with Crippen LogP contribution in [0.15, 0.2) is 0 Å². The van der Waals surface area contributed by atoms with E-state index < -0.39 is 20.0 Å². The Bertz CT molecular complexity index is 916. The summed E-state index contributed by atoms with van der Waals surface area (Å²) in [7, 11) is 1.63. The predicted molar refractivity (Wildman–Crippen MR) is 249 cm³/mol. The number of hydrogen-bond donors (Lipinski definition) is 3. The van der Waals surface area contributed by atoms with Gasteiger partial charge in [-0.3, -0.25) is 13.8 Å². The first-order chi connectivity index (χ1) is 28.0. The second-order valence-corrected chi connectivity index (χ2v) is 20.4. The van der Waals surface area contributed by atoms with Gasteiger partial charge in [-0.05, 0) is 12.8 Å². The molecule has 0 aliphatic rings. The minimum atomic E-state index is -4.31. The summed E-state index contributed by atoms with van der Waals surface area (Å²) in [5.74, 6) is -0.139. The molecule has 1 unspecified atom stereocenters. The Morgan fingerprint density at radius 2 is 0.828 bits per heavy atom. The summed E-state index contributed by atoms with van der Waals surface area (Å²) in [6.07, 6.45) is 47.1. The second-order valence-electron chi connectivity index (χ2n) is 18.9. The highest BCUT2D eigenvalue weighted by Crippen LogP contribution is 2.43. The number of nitrogens with one attached hydrogen (secondary N) is 1. The number of unbranched alkanes of at least 4 members (excludes halogenated alkanes) is 34. The Morgan fingerprint density at radius 1 is 0.517 bits per heavy atom. The van der Waals surface area contributed by atoms with Crippen LogP contribution >= 0.6 is 7.82 Å². The Morgan fingerprint density at radius 3 is 1.16 bits per heavy atom. The van der Waals surface area contributed by atoms with Crippen LogP contribution in [0.3, 0.4) is 0 Å². The van der Waals surface area contributed by atoms with Gasteiger partial charge in [0.15, 0.2) is 0 Å². The highest BCUT2D eigenvalue weighted by molar-refractivity contribution is 7.47. The molecule has 0 spiro atoms. The molecule has 0 heterocycles. The lowest BCUT2D eigenvalue weighted by molar-refractivity contribution is -0.870. The van der Waals surface area contributed by atoms with Crippen molar-refractivity contribution < 1.29 is 32.9 Å². The van der Waals surface area contributed by atoms with E-state index >= 15 is 0 Å². The van der Waals surface area contributed by atoms with Gasteiger partial charge in [-0.25, -0.2) is 4.57 Å². The third-order valence-electron chi connectivity index (χ3n) is 11.9. The zero-order chi connectivity index (χ0) is 42.8. The van der Waals surface area contributed by atoms with Crippen molar-refractivity contribution in [1.29, 1.82) is 0 Å². The number of amides is 1. The van der Waals surface area contributed by atoms with Crippen molar-refractivity contribution in [2.24, 2.45) is 0 Å². The van der Waals surface area contributed by atoms with E-state index in [1.54, 1.807) is 0 Å². The maximum absolute atomic E-state index is 12.9. The molecular formula is C49H102N2O6P+. The highest BCUT2D eigenvalue weighted by atomic mass is 31.2. The number of phosphoric acid groups is 1. The second kappa shape index (κ2) is 41.8. The molecule has 0 rings (SSSR count). The van der Waals surface area contributed by atoms with Crippen molar-refractivity contribution in [2.75, 3.05) is 40.9 Å². The van der Waals surface area contributed by atoms with Crippen LogP contribution in [0, 0.1) is 0 Å². The zero-order valence-corrected chi connectivity index (χ0v) is 40.5. The number of aliphatic hydroxyl groups excluding tert-OH is 1. The Kier molecular flexibility index (Phi) is 41.5. The monoisotopic (exact) mass is 846 g/mol. The number of likely N-dealkylation sites (N-methyl/N-ethyl adjacent to an activating group) is 1. The van der Waals surface area contributed by atoms with Gasteiger partial charge in [-0.1, -0.05) is 239 Å². The molecule has 0 saturated heterocycles. The standard InChI is InChI=1S/C49H101N2O6P/c1-6-8-10-12-14-16-18-20-21-22-23-24-25-26-27-28-29-30-31-33-35-37-39-41-43-49(53)50-47(46-57-58(54,55)56-45-44-51(3,4)5)48(52)42-40-38-36-34-32-19-17-15-13-11-9-7-2/h47-48,52H,6-46H2,1-5H3,(H-,50,53,54,55)/p+1/t47-,48+/m0/s1. The fourth-order valence-electron chi connectivity index (χ4n) is 7.81. The third kappa shape index (κ3) is 43.6. The van der Waals surface area contributed by atoms with E-state index in [-0.39, 0.29) is 19.1 Å². The first kappa shape index (κ1) is 57.5. The minimum absolute atomic E-state index is 0.0786. The molecule has 58 heavy (non-hydrogen) atoms. The maximum Gasteiger partial charge on any atom is 0.472 e. The number of quaternary nitrogens is 1. The Labute approximate surface area is 361 Å². The molecule has 0 radical (unpaired) electrons. The van der Waals surface area contributed by atoms with Gasteiger partial charge in [-0.2, -0.15) is 0 Å². The van der Waals surface area contributed by atoms with Crippen molar-refractivity contribution in [3.05, 3.63) is 0 Å². The number of nitrogens with zero attached hydrogens (tertiary/aromatic N) is 1. The van der Waals surface area contributed by atoms with Crippen LogP contribution in [-0.2, 0) is 18.4 Å². The lowest BCUT2D eigenvalue weighted by Gasteiger charge is -2.26. The summed E-state index contributed by atoms with van der Waals surface area (Å²) in [6.45, 7) is 4.92. The average molecular weight is 846 g/mol. The van der Waals surface area contributed by atoms with Gasteiger partial charge in [0.05, 0.1) is 39.9 Å². The number of phosphoric ester groups is 1. The van der Waals surface area contributed by atoms with Crippen LogP contribution in [0.2, 0.25) is 0 Å². The van der Waals surface area contributed by atoms with Crippen LogP contribution < -0.4 is 5.32 Å². The molecule has 0 saturated carbocycles. The number of aliphatic hydroxyl groups is 1. The first-order valence-corrected chi connectivity index (χ1v) is 26.9. The summed E-state index contributed by atoms with van der Waals surface area (Å²) in [4.78, 5) is 23.2. The molecule has 0 aliphatic heterocycles. The van der Waals surface area contributed by atoms with Gasteiger partial charge in [0.2, 0.25) is 5.91 Å². The minimum Gasteiger partial charge on any atom is -0.391 e. The predicted octanol–water partition coefficient (Wildman–Crippen LogP) is 14.5. The molecule has 8 nitrogen and oxygen atoms in total. The molecule has 0 aromatic rings. The molecule has 0 bridgehead atoms. The van der Waals surface area contributed by atoms with Gasteiger partial charge in [0.25, 0.3) is 0 Å². The van der Waals surface area contributed by atoms with E-state index in [2.05, 4.69) is 19.2 Å². The topological polar surface area (TPSA) is 105 Å². The summed E-state index contributed by atoms with van der Waals surface area (Å²) in [5.41, 5.74) is 0. The molecule has 0 fully saturated rings. The summed E-state index contributed by atoms with van der Waals surface area (Å²) < 4.78 is 23.7. The van der Waals surface area contributed by atoms with Crippen LogP contribution in [-0.4, -0.2) is 73.4 Å². The quantitative estimate of drug-likeness (QED) is 0.0320. The van der Waals surface area contributed by atoms with E-state index in [4.69, 9.17) is 9.05 Å².